The summed E-state index contributed by atoms with van der Waals surface area (Å²) in [6.45, 7) is 9.50. The van der Waals surface area contributed by atoms with Crippen molar-refractivity contribution >= 4 is 8.07 Å². The summed E-state index contributed by atoms with van der Waals surface area (Å²) in [4.78, 5) is 0. The van der Waals surface area contributed by atoms with E-state index in [0.29, 0.717) is 0 Å². The largest absolute Gasteiger partial charge is 0.314 e. The molecule has 0 unspecified atom stereocenters. The molecule has 2 nitrogen and oxygen atoms in total. The van der Waals surface area contributed by atoms with Crippen LogP contribution in [0.4, 0.5) is 0 Å². The summed E-state index contributed by atoms with van der Waals surface area (Å²) in [6, 6.07) is 0. The highest BCUT2D eigenvalue weighted by Gasteiger charge is 2.10. The van der Waals surface area contributed by atoms with Crippen molar-refractivity contribution in [2.24, 2.45) is 0 Å². The molecule has 0 spiro atoms. The average Bonchev–Trinajstić information content (AvgIpc) is 1.90. The Kier molecular flexibility index (Phi) is 2.90. The van der Waals surface area contributed by atoms with Crippen molar-refractivity contribution in [3.05, 3.63) is 0 Å². The van der Waals surface area contributed by atoms with Gasteiger partial charge in [-0.25, -0.2) is 0 Å². The van der Waals surface area contributed by atoms with Crippen LogP contribution in [-0.2, 0) is 0 Å². The van der Waals surface area contributed by atoms with E-state index in [1.165, 1.54) is 26.2 Å². The molecule has 0 radical (unpaired) electrons. The zero-order valence-corrected chi connectivity index (χ0v) is 7.12. The third-order valence-corrected chi connectivity index (χ3v) is 3.19. The molecule has 1 aliphatic rings. The molecule has 0 bridgehead atoms. The first-order valence-electron chi connectivity index (χ1n) is 3.43. The zero-order valence-electron chi connectivity index (χ0n) is 6.22. The molecule has 0 amide bonds. The molecule has 1 rings (SSSR count). The molecule has 0 aromatic rings. The molecule has 54 valence electrons. The van der Waals surface area contributed by atoms with E-state index in [0.717, 1.165) is 0 Å². The van der Waals surface area contributed by atoms with E-state index in [1.54, 1.807) is 0 Å². The van der Waals surface area contributed by atoms with Crippen LogP contribution in [0.2, 0.25) is 0 Å². The van der Waals surface area contributed by atoms with Gasteiger partial charge in [0, 0.05) is 26.2 Å². The minimum atomic E-state index is 0.175. The Labute approximate surface area is 58.4 Å². The van der Waals surface area contributed by atoms with Gasteiger partial charge in [-0.15, -0.1) is 0 Å². The van der Waals surface area contributed by atoms with Crippen molar-refractivity contribution in [3.63, 3.8) is 0 Å². The van der Waals surface area contributed by atoms with Crippen LogP contribution in [0.3, 0.4) is 0 Å². The molecule has 1 N–H and O–H groups in total. The molecule has 1 saturated heterocycles. The Morgan fingerprint density at radius 3 is 2.11 bits per heavy atom. The van der Waals surface area contributed by atoms with E-state index in [4.69, 9.17) is 0 Å². The van der Waals surface area contributed by atoms with Crippen LogP contribution in [0.15, 0.2) is 0 Å². The maximum absolute atomic E-state index is 3.34. The molecule has 0 aromatic heterocycles. The summed E-state index contributed by atoms with van der Waals surface area (Å²) < 4.78 is 2.56. The Morgan fingerprint density at radius 1 is 1.22 bits per heavy atom. The fourth-order valence-electron chi connectivity index (χ4n) is 1.05. The predicted molar refractivity (Wildman–Crippen MR) is 43.2 cm³/mol. The van der Waals surface area contributed by atoms with Crippen LogP contribution in [0.25, 0.3) is 0 Å². The molecule has 0 saturated carbocycles. The fourth-order valence-corrected chi connectivity index (χ4v) is 2.05. The van der Waals surface area contributed by atoms with E-state index in [-0.39, 0.29) is 8.07 Å². The second-order valence-corrected chi connectivity index (χ2v) is 4.81. The van der Waals surface area contributed by atoms with E-state index < -0.39 is 0 Å². The SMILES string of the molecule is CP(C)N1CCNCC1. The Morgan fingerprint density at radius 2 is 1.78 bits per heavy atom. The topological polar surface area (TPSA) is 15.3 Å². The summed E-state index contributed by atoms with van der Waals surface area (Å²) in [5.41, 5.74) is 0. The summed E-state index contributed by atoms with van der Waals surface area (Å²) in [7, 11) is 0.175. The van der Waals surface area contributed by atoms with E-state index in [1.807, 2.05) is 0 Å². The van der Waals surface area contributed by atoms with Crippen molar-refractivity contribution in [2.75, 3.05) is 39.5 Å². The number of hydrogen-bond donors (Lipinski definition) is 1. The molecule has 0 aliphatic carbocycles. The van der Waals surface area contributed by atoms with Crippen LogP contribution < -0.4 is 5.32 Å². The fraction of sp³-hybridized carbons (Fsp3) is 1.00. The highest BCUT2D eigenvalue weighted by molar-refractivity contribution is 7.53. The van der Waals surface area contributed by atoms with Crippen LogP contribution in [0.5, 0.6) is 0 Å². The lowest BCUT2D eigenvalue weighted by Crippen LogP contribution is -2.40. The number of hydrogen-bond acceptors (Lipinski definition) is 2. The smallest absolute Gasteiger partial charge is 0.0147 e. The highest BCUT2D eigenvalue weighted by Crippen LogP contribution is 2.30. The average molecular weight is 146 g/mol. The Bertz CT molecular complexity index is 79.1. The van der Waals surface area contributed by atoms with Crippen molar-refractivity contribution in [2.45, 2.75) is 0 Å². The number of nitrogens with zero attached hydrogens (tertiary/aromatic N) is 1. The third kappa shape index (κ3) is 2.21. The van der Waals surface area contributed by atoms with Crippen molar-refractivity contribution in [1.82, 2.24) is 9.99 Å². The lowest BCUT2D eigenvalue weighted by molar-refractivity contribution is 0.387. The van der Waals surface area contributed by atoms with Gasteiger partial charge in [0.05, 0.1) is 0 Å². The van der Waals surface area contributed by atoms with Gasteiger partial charge in [0.25, 0.3) is 0 Å². The zero-order chi connectivity index (χ0) is 6.69. The Hall–Kier alpha value is 0.350. The minimum absolute atomic E-state index is 0.175. The number of piperazine rings is 1. The maximum Gasteiger partial charge on any atom is 0.0147 e. The summed E-state index contributed by atoms with van der Waals surface area (Å²) >= 11 is 0. The third-order valence-electron chi connectivity index (χ3n) is 1.66. The quantitative estimate of drug-likeness (QED) is 0.543. The van der Waals surface area contributed by atoms with Crippen LogP contribution in [-0.4, -0.2) is 44.2 Å². The Balaban J connectivity index is 2.23. The van der Waals surface area contributed by atoms with Gasteiger partial charge in [0.15, 0.2) is 0 Å². The molecule has 9 heavy (non-hydrogen) atoms. The molecule has 0 aromatic carbocycles. The van der Waals surface area contributed by atoms with Gasteiger partial charge in [-0.1, -0.05) is 0 Å². The predicted octanol–water partition coefficient (Wildman–Crippen LogP) is 0.548. The molecular formula is C6H15N2P. The van der Waals surface area contributed by atoms with Crippen molar-refractivity contribution in [1.29, 1.82) is 0 Å². The number of rotatable bonds is 1. The van der Waals surface area contributed by atoms with Gasteiger partial charge in [0.2, 0.25) is 0 Å². The van der Waals surface area contributed by atoms with Gasteiger partial charge in [-0.05, 0) is 21.4 Å². The van der Waals surface area contributed by atoms with Crippen molar-refractivity contribution < 1.29 is 0 Å². The van der Waals surface area contributed by atoms with Gasteiger partial charge in [-0.2, -0.15) is 0 Å². The van der Waals surface area contributed by atoms with E-state index in [2.05, 4.69) is 23.3 Å². The van der Waals surface area contributed by atoms with Crippen LogP contribution in [0, 0.1) is 0 Å². The molecule has 0 atom stereocenters. The lowest BCUT2D eigenvalue weighted by Gasteiger charge is -2.30. The minimum Gasteiger partial charge on any atom is -0.314 e. The number of nitrogens with one attached hydrogen (secondary N) is 1. The van der Waals surface area contributed by atoms with Crippen molar-refractivity contribution in [3.8, 4) is 0 Å². The summed E-state index contributed by atoms with van der Waals surface area (Å²) in [5.74, 6) is 0. The highest BCUT2D eigenvalue weighted by atomic mass is 31.1. The normalized spacial score (nSPS) is 23.0. The standard InChI is InChI=1S/C6H15N2P/c1-9(2)8-5-3-7-4-6-8/h7H,3-6H2,1-2H3. The summed E-state index contributed by atoms with van der Waals surface area (Å²) in [6.07, 6.45) is 0. The van der Waals surface area contributed by atoms with E-state index in [9.17, 15) is 0 Å². The second-order valence-electron chi connectivity index (χ2n) is 2.55. The first kappa shape index (κ1) is 7.46. The maximum atomic E-state index is 3.34. The second kappa shape index (κ2) is 3.50. The molecule has 1 heterocycles. The van der Waals surface area contributed by atoms with Gasteiger partial charge < -0.3 is 5.32 Å². The first-order valence-corrected chi connectivity index (χ1v) is 5.62. The molecular weight excluding hydrogens is 131 g/mol. The monoisotopic (exact) mass is 146 g/mol. The van der Waals surface area contributed by atoms with Gasteiger partial charge in [0.1, 0.15) is 0 Å². The summed E-state index contributed by atoms with van der Waals surface area (Å²) in [5, 5.41) is 3.34. The first-order chi connectivity index (χ1) is 4.30. The van der Waals surface area contributed by atoms with Crippen LogP contribution >= 0.6 is 8.07 Å². The molecule has 3 heteroatoms. The molecule has 1 aliphatic heterocycles. The van der Waals surface area contributed by atoms with Gasteiger partial charge >= 0.3 is 0 Å². The van der Waals surface area contributed by atoms with E-state index >= 15 is 0 Å². The molecule has 1 fully saturated rings. The van der Waals surface area contributed by atoms with Gasteiger partial charge in [-0.3, -0.25) is 4.67 Å². The van der Waals surface area contributed by atoms with Crippen LogP contribution in [0.1, 0.15) is 0 Å². The lowest BCUT2D eigenvalue weighted by atomic mass is 10.4.